The summed E-state index contributed by atoms with van der Waals surface area (Å²) >= 11 is 0. The van der Waals surface area contributed by atoms with E-state index in [0.29, 0.717) is 31.0 Å². The van der Waals surface area contributed by atoms with Gasteiger partial charge in [-0.15, -0.1) is 0 Å². The largest absolute Gasteiger partial charge is 0.494 e. The quantitative estimate of drug-likeness (QED) is 0.561. The van der Waals surface area contributed by atoms with Crippen LogP contribution in [0.15, 0.2) is 48.5 Å². The van der Waals surface area contributed by atoms with Crippen LogP contribution in [0.3, 0.4) is 0 Å². The van der Waals surface area contributed by atoms with Crippen LogP contribution in [-0.4, -0.2) is 38.6 Å². The molecule has 2 aromatic rings. The molecule has 0 radical (unpaired) electrons. The number of hydrogen-bond donors (Lipinski definition) is 2. The van der Waals surface area contributed by atoms with E-state index in [-0.39, 0.29) is 13.2 Å². The lowest BCUT2D eigenvalue weighted by molar-refractivity contribution is 0.133. The molecular formula is C21H26N2O6. The molecule has 8 nitrogen and oxygen atoms in total. The molecule has 0 aliphatic heterocycles. The van der Waals surface area contributed by atoms with Crippen molar-refractivity contribution in [1.82, 2.24) is 0 Å². The summed E-state index contributed by atoms with van der Waals surface area (Å²) in [4.78, 5) is 23.5. The van der Waals surface area contributed by atoms with Gasteiger partial charge in [-0.3, -0.25) is 10.6 Å². The first-order valence-electron chi connectivity index (χ1n) is 9.44. The Hall–Kier alpha value is -3.42. The number of ether oxygens (including phenoxy) is 4. The van der Waals surface area contributed by atoms with E-state index in [1.807, 2.05) is 13.8 Å². The zero-order valence-corrected chi connectivity index (χ0v) is 16.6. The fourth-order valence-corrected chi connectivity index (χ4v) is 2.30. The van der Waals surface area contributed by atoms with Crippen molar-refractivity contribution >= 4 is 23.6 Å². The summed E-state index contributed by atoms with van der Waals surface area (Å²) in [5, 5.41) is 5.22. The first-order chi connectivity index (χ1) is 14.1. The van der Waals surface area contributed by atoms with Gasteiger partial charge in [-0.1, -0.05) is 0 Å². The molecule has 2 N–H and O–H groups in total. The van der Waals surface area contributed by atoms with Gasteiger partial charge in [-0.2, -0.15) is 0 Å². The van der Waals surface area contributed by atoms with Crippen LogP contribution < -0.4 is 20.1 Å². The second kappa shape index (κ2) is 12.1. The number of carbonyl (C=O) groups is 2. The van der Waals surface area contributed by atoms with Gasteiger partial charge < -0.3 is 18.9 Å². The first-order valence-corrected chi connectivity index (χ1v) is 9.44. The van der Waals surface area contributed by atoms with E-state index in [0.717, 1.165) is 11.5 Å². The summed E-state index contributed by atoms with van der Waals surface area (Å²) in [5.74, 6) is 1.46. The highest BCUT2D eigenvalue weighted by atomic mass is 16.6. The Bertz CT molecular complexity index is 696. The summed E-state index contributed by atoms with van der Waals surface area (Å²) in [6.45, 7) is 5.20. The van der Waals surface area contributed by atoms with E-state index in [1.54, 1.807) is 48.5 Å². The molecular weight excluding hydrogens is 376 g/mol. The molecule has 0 heterocycles. The van der Waals surface area contributed by atoms with Crippen molar-refractivity contribution in [3.8, 4) is 11.5 Å². The fourth-order valence-electron chi connectivity index (χ4n) is 2.30. The van der Waals surface area contributed by atoms with Crippen LogP contribution in [0.2, 0.25) is 0 Å². The Balaban J connectivity index is 1.58. The second-order valence-corrected chi connectivity index (χ2v) is 5.79. The Morgan fingerprint density at radius 3 is 1.41 bits per heavy atom. The number of amides is 2. The molecule has 0 aromatic heterocycles. The van der Waals surface area contributed by atoms with Gasteiger partial charge in [0.1, 0.15) is 11.5 Å². The van der Waals surface area contributed by atoms with E-state index in [1.165, 1.54) is 0 Å². The van der Waals surface area contributed by atoms with E-state index >= 15 is 0 Å². The predicted molar refractivity (Wildman–Crippen MR) is 110 cm³/mol. The zero-order chi connectivity index (χ0) is 20.9. The molecule has 2 amide bonds. The Morgan fingerprint density at radius 1 is 0.690 bits per heavy atom. The highest BCUT2D eigenvalue weighted by molar-refractivity contribution is 5.85. The molecule has 2 aromatic carbocycles. The lowest BCUT2D eigenvalue weighted by Gasteiger charge is -2.09. The molecule has 0 unspecified atom stereocenters. The van der Waals surface area contributed by atoms with Crippen molar-refractivity contribution in [1.29, 1.82) is 0 Å². The minimum atomic E-state index is -0.576. The monoisotopic (exact) mass is 402 g/mol. The van der Waals surface area contributed by atoms with E-state index < -0.39 is 12.2 Å². The third kappa shape index (κ3) is 8.42. The molecule has 0 fully saturated rings. The second-order valence-electron chi connectivity index (χ2n) is 5.79. The number of benzene rings is 2. The lowest BCUT2D eigenvalue weighted by Crippen LogP contribution is -2.17. The average molecular weight is 402 g/mol. The normalized spacial score (nSPS) is 10.0. The van der Waals surface area contributed by atoms with E-state index in [4.69, 9.17) is 18.9 Å². The summed E-state index contributed by atoms with van der Waals surface area (Å²) in [6.07, 6.45) is -0.770. The van der Waals surface area contributed by atoms with Gasteiger partial charge in [0, 0.05) is 17.8 Å². The number of anilines is 2. The summed E-state index contributed by atoms with van der Waals surface area (Å²) < 4.78 is 20.8. The van der Waals surface area contributed by atoms with Gasteiger partial charge in [-0.25, -0.2) is 9.59 Å². The maximum absolute atomic E-state index is 11.7. The third-order valence-electron chi connectivity index (χ3n) is 3.58. The van der Waals surface area contributed by atoms with Gasteiger partial charge in [0.2, 0.25) is 0 Å². The van der Waals surface area contributed by atoms with Crippen molar-refractivity contribution in [2.24, 2.45) is 0 Å². The summed E-state index contributed by atoms with van der Waals surface area (Å²) in [5.41, 5.74) is 1.20. The molecule has 0 saturated heterocycles. The maximum Gasteiger partial charge on any atom is 0.411 e. The van der Waals surface area contributed by atoms with Crippen LogP contribution in [0.25, 0.3) is 0 Å². The third-order valence-corrected chi connectivity index (χ3v) is 3.58. The van der Waals surface area contributed by atoms with Gasteiger partial charge >= 0.3 is 12.2 Å². The Labute approximate surface area is 170 Å². The highest BCUT2D eigenvalue weighted by Gasteiger charge is 2.06. The number of nitrogens with one attached hydrogen (secondary N) is 2. The molecule has 8 heteroatoms. The molecule has 0 saturated carbocycles. The van der Waals surface area contributed by atoms with E-state index in [2.05, 4.69) is 10.6 Å². The van der Waals surface area contributed by atoms with Crippen molar-refractivity contribution in [3.05, 3.63) is 48.5 Å². The summed E-state index contributed by atoms with van der Waals surface area (Å²) in [6, 6.07) is 13.9. The van der Waals surface area contributed by atoms with Gasteiger partial charge in [0.15, 0.2) is 0 Å². The topological polar surface area (TPSA) is 95.1 Å². The number of carbonyl (C=O) groups excluding carboxylic acids is 2. The highest BCUT2D eigenvalue weighted by Crippen LogP contribution is 2.16. The molecule has 0 atom stereocenters. The van der Waals surface area contributed by atoms with Crippen LogP contribution in [0, 0.1) is 0 Å². The van der Waals surface area contributed by atoms with Crippen LogP contribution in [0.5, 0.6) is 11.5 Å². The van der Waals surface area contributed by atoms with Gasteiger partial charge in [0.25, 0.3) is 0 Å². The molecule has 0 aliphatic rings. The van der Waals surface area contributed by atoms with Crippen molar-refractivity contribution in [3.63, 3.8) is 0 Å². The molecule has 156 valence electrons. The standard InChI is InChI=1S/C21H26N2O6/c1-3-26-18-10-6-16(7-11-18)22-20(24)28-14-5-15-29-21(25)23-17-8-12-19(13-9-17)27-4-2/h6-13H,3-5,14-15H2,1-2H3,(H,22,24)(H,23,25). The first kappa shape index (κ1) is 21.9. The smallest absolute Gasteiger partial charge is 0.411 e. The van der Waals surface area contributed by atoms with Crippen LogP contribution >= 0.6 is 0 Å². The lowest BCUT2D eigenvalue weighted by atomic mass is 10.3. The zero-order valence-electron chi connectivity index (χ0n) is 16.6. The van der Waals surface area contributed by atoms with Gasteiger partial charge in [-0.05, 0) is 62.4 Å². The SMILES string of the molecule is CCOc1ccc(NC(=O)OCCCOC(=O)Nc2ccc(OCC)cc2)cc1. The Kier molecular flexibility index (Phi) is 9.14. The van der Waals surface area contributed by atoms with E-state index in [9.17, 15) is 9.59 Å². The van der Waals surface area contributed by atoms with Crippen molar-refractivity contribution in [2.45, 2.75) is 20.3 Å². The number of hydrogen-bond acceptors (Lipinski definition) is 6. The van der Waals surface area contributed by atoms with Gasteiger partial charge in [0.05, 0.1) is 26.4 Å². The van der Waals surface area contributed by atoms with Crippen LogP contribution in [-0.2, 0) is 9.47 Å². The Morgan fingerprint density at radius 2 is 1.07 bits per heavy atom. The van der Waals surface area contributed by atoms with Crippen molar-refractivity contribution < 1.29 is 28.5 Å². The average Bonchev–Trinajstić information content (AvgIpc) is 2.71. The molecule has 29 heavy (non-hydrogen) atoms. The minimum Gasteiger partial charge on any atom is -0.494 e. The summed E-state index contributed by atoms with van der Waals surface area (Å²) in [7, 11) is 0. The molecule has 0 spiro atoms. The molecule has 2 rings (SSSR count). The molecule has 0 aliphatic carbocycles. The maximum atomic E-state index is 11.7. The molecule has 0 bridgehead atoms. The van der Waals surface area contributed by atoms with Crippen LogP contribution in [0.4, 0.5) is 21.0 Å². The predicted octanol–water partition coefficient (Wildman–Crippen LogP) is 4.67. The number of rotatable bonds is 10. The fraction of sp³-hybridized carbons (Fsp3) is 0.333. The van der Waals surface area contributed by atoms with Crippen molar-refractivity contribution in [2.75, 3.05) is 37.1 Å². The van der Waals surface area contributed by atoms with Crippen LogP contribution in [0.1, 0.15) is 20.3 Å². The minimum absolute atomic E-state index is 0.124.